The van der Waals surface area contributed by atoms with Gasteiger partial charge in [-0.25, -0.2) is 4.79 Å². The van der Waals surface area contributed by atoms with Crippen LogP contribution in [0, 0.1) is 0 Å². The van der Waals surface area contributed by atoms with Gasteiger partial charge in [-0.15, -0.1) is 0 Å². The quantitative estimate of drug-likeness (QED) is 0.780. The van der Waals surface area contributed by atoms with Crippen LogP contribution in [-0.4, -0.2) is 64.0 Å². The average Bonchev–Trinajstić information content (AvgIpc) is 2.96. The van der Waals surface area contributed by atoms with Crippen LogP contribution in [0.4, 0.5) is 4.79 Å². The number of piperazine rings is 1. The van der Waals surface area contributed by atoms with E-state index < -0.39 is 5.60 Å². The summed E-state index contributed by atoms with van der Waals surface area (Å²) in [6, 6.07) is 6.06. The molecule has 1 amide bonds. The van der Waals surface area contributed by atoms with E-state index in [-0.39, 0.29) is 6.09 Å². The van der Waals surface area contributed by atoms with Gasteiger partial charge in [0.1, 0.15) is 5.60 Å². The van der Waals surface area contributed by atoms with Crippen LogP contribution in [0.25, 0.3) is 10.9 Å². The van der Waals surface area contributed by atoms with Gasteiger partial charge < -0.3 is 9.64 Å². The second kappa shape index (κ2) is 7.33. The molecule has 2 heterocycles. The number of halogens is 1. The monoisotopic (exact) mass is 408 g/mol. The van der Waals surface area contributed by atoms with Crippen LogP contribution < -0.4 is 0 Å². The number of nitrogens with zero attached hydrogens (tertiary/aromatic N) is 4. The van der Waals surface area contributed by atoms with Gasteiger partial charge in [0.25, 0.3) is 0 Å². The molecule has 0 saturated carbocycles. The molecule has 0 spiro atoms. The lowest BCUT2D eigenvalue weighted by Crippen LogP contribution is -2.50. The molecule has 7 heteroatoms. The number of carbonyl (C=O) groups is 1. The summed E-state index contributed by atoms with van der Waals surface area (Å²) in [4.78, 5) is 16.3. The summed E-state index contributed by atoms with van der Waals surface area (Å²) in [6.45, 7) is 10.6. The molecule has 1 saturated heterocycles. The lowest BCUT2D eigenvalue weighted by Gasteiger charge is -2.35. The molecule has 0 N–H and O–H groups in total. The van der Waals surface area contributed by atoms with Gasteiger partial charge in [0.2, 0.25) is 0 Å². The summed E-state index contributed by atoms with van der Waals surface area (Å²) < 4.78 is 8.50. The molecule has 136 valence electrons. The third-order valence-corrected chi connectivity index (χ3v) is 4.91. The number of hydrogen-bond acceptors (Lipinski definition) is 4. The first-order chi connectivity index (χ1) is 11.8. The number of carbonyl (C=O) groups excluding carboxylic acids is 1. The van der Waals surface area contributed by atoms with E-state index in [2.05, 4.69) is 32.1 Å². The molecular weight excluding hydrogens is 384 g/mol. The summed E-state index contributed by atoms with van der Waals surface area (Å²) in [5, 5.41) is 5.75. The molecule has 1 aromatic carbocycles. The van der Waals surface area contributed by atoms with Crippen LogP contribution in [0.1, 0.15) is 20.8 Å². The van der Waals surface area contributed by atoms with E-state index >= 15 is 0 Å². The molecule has 0 bridgehead atoms. The van der Waals surface area contributed by atoms with Crippen molar-refractivity contribution in [2.45, 2.75) is 32.9 Å². The fourth-order valence-electron chi connectivity index (χ4n) is 2.90. The predicted molar refractivity (Wildman–Crippen MR) is 102 cm³/mol. The lowest BCUT2D eigenvalue weighted by atomic mass is 10.2. The molecule has 0 radical (unpaired) electrons. The number of hydrogen-bond donors (Lipinski definition) is 0. The third-order valence-electron chi connectivity index (χ3n) is 4.21. The van der Waals surface area contributed by atoms with Crippen molar-refractivity contribution < 1.29 is 9.53 Å². The first-order valence-electron chi connectivity index (χ1n) is 8.64. The van der Waals surface area contributed by atoms with E-state index in [1.54, 1.807) is 4.90 Å². The summed E-state index contributed by atoms with van der Waals surface area (Å²) in [5.74, 6) is 0. The minimum atomic E-state index is -0.440. The van der Waals surface area contributed by atoms with Crippen LogP contribution in [-0.2, 0) is 11.3 Å². The fraction of sp³-hybridized carbons (Fsp3) is 0.556. The number of amides is 1. The molecule has 1 fully saturated rings. The molecule has 0 unspecified atom stereocenters. The summed E-state index contributed by atoms with van der Waals surface area (Å²) in [6.07, 6.45) is 1.87. The number of aromatic nitrogens is 2. The highest BCUT2D eigenvalue weighted by Crippen LogP contribution is 2.22. The Morgan fingerprint density at radius 3 is 2.56 bits per heavy atom. The molecule has 2 aromatic rings. The average molecular weight is 409 g/mol. The second-order valence-electron chi connectivity index (χ2n) is 7.37. The Morgan fingerprint density at radius 2 is 1.92 bits per heavy atom. The molecule has 1 aliphatic rings. The number of benzene rings is 1. The van der Waals surface area contributed by atoms with Gasteiger partial charge in [0.15, 0.2) is 0 Å². The maximum absolute atomic E-state index is 12.1. The van der Waals surface area contributed by atoms with Gasteiger partial charge in [-0.2, -0.15) is 5.10 Å². The summed E-state index contributed by atoms with van der Waals surface area (Å²) in [7, 11) is 0. The number of ether oxygens (including phenoxy) is 1. The van der Waals surface area contributed by atoms with Gasteiger partial charge >= 0.3 is 6.09 Å². The molecular formula is C18H25BrN4O2. The highest BCUT2D eigenvalue weighted by Gasteiger charge is 2.25. The van der Waals surface area contributed by atoms with E-state index in [4.69, 9.17) is 4.74 Å². The van der Waals surface area contributed by atoms with Crippen molar-refractivity contribution in [1.29, 1.82) is 0 Å². The third kappa shape index (κ3) is 4.73. The van der Waals surface area contributed by atoms with Crippen LogP contribution in [0.3, 0.4) is 0 Å². The maximum atomic E-state index is 12.1. The minimum Gasteiger partial charge on any atom is -0.444 e. The van der Waals surface area contributed by atoms with E-state index in [0.717, 1.165) is 41.6 Å². The highest BCUT2D eigenvalue weighted by molar-refractivity contribution is 9.10. The smallest absolute Gasteiger partial charge is 0.410 e. The number of fused-ring (bicyclic) bond motifs is 1. The van der Waals surface area contributed by atoms with Crippen molar-refractivity contribution in [3.05, 3.63) is 28.9 Å². The minimum absolute atomic E-state index is 0.213. The Hall–Kier alpha value is -1.60. The largest absolute Gasteiger partial charge is 0.444 e. The van der Waals surface area contributed by atoms with E-state index in [0.29, 0.717) is 13.1 Å². The normalized spacial score (nSPS) is 16.4. The molecule has 0 aliphatic carbocycles. The first kappa shape index (κ1) is 18.2. The second-order valence-corrected chi connectivity index (χ2v) is 8.23. The zero-order valence-electron chi connectivity index (χ0n) is 15.0. The van der Waals surface area contributed by atoms with Gasteiger partial charge in [-0.05, 0) is 32.9 Å². The van der Waals surface area contributed by atoms with Crippen molar-refractivity contribution in [2.24, 2.45) is 0 Å². The molecule has 3 rings (SSSR count). The van der Waals surface area contributed by atoms with Crippen molar-refractivity contribution in [3.8, 4) is 0 Å². The Labute approximate surface area is 156 Å². The van der Waals surface area contributed by atoms with E-state index in [9.17, 15) is 4.79 Å². The van der Waals surface area contributed by atoms with Crippen molar-refractivity contribution in [3.63, 3.8) is 0 Å². The Kier molecular flexibility index (Phi) is 5.34. The van der Waals surface area contributed by atoms with Crippen LogP contribution in [0.2, 0.25) is 0 Å². The fourth-order valence-corrected chi connectivity index (χ4v) is 3.35. The van der Waals surface area contributed by atoms with Gasteiger partial charge in [0, 0.05) is 48.8 Å². The van der Waals surface area contributed by atoms with Crippen molar-refractivity contribution in [1.82, 2.24) is 19.6 Å². The molecule has 1 aromatic heterocycles. The molecule has 25 heavy (non-hydrogen) atoms. The van der Waals surface area contributed by atoms with Crippen molar-refractivity contribution >= 4 is 32.9 Å². The zero-order chi connectivity index (χ0) is 18.0. The topological polar surface area (TPSA) is 50.6 Å². The molecule has 6 nitrogen and oxygen atoms in total. The summed E-state index contributed by atoms with van der Waals surface area (Å²) >= 11 is 3.57. The van der Waals surface area contributed by atoms with Gasteiger partial charge in [-0.1, -0.05) is 22.0 Å². The summed E-state index contributed by atoms with van der Waals surface area (Å²) in [5.41, 5.74) is 0.564. The van der Waals surface area contributed by atoms with Gasteiger partial charge in [0.05, 0.1) is 12.1 Å². The molecule has 0 atom stereocenters. The van der Waals surface area contributed by atoms with E-state index in [1.165, 1.54) is 0 Å². The SMILES string of the molecule is CC(C)(C)OC(=O)N1CCN(CCn2cc3c(Br)cccc3n2)CC1. The Balaban J connectivity index is 1.49. The Bertz CT molecular complexity index is 745. The maximum Gasteiger partial charge on any atom is 0.410 e. The van der Waals surface area contributed by atoms with Crippen LogP contribution in [0.15, 0.2) is 28.9 Å². The predicted octanol–water partition coefficient (Wildman–Crippen LogP) is 3.35. The van der Waals surface area contributed by atoms with Crippen LogP contribution in [0.5, 0.6) is 0 Å². The Morgan fingerprint density at radius 1 is 1.20 bits per heavy atom. The lowest BCUT2D eigenvalue weighted by molar-refractivity contribution is 0.0142. The highest BCUT2D eigenvalue weighted by atomic mass is 79.9. The zero-order valence-corrected chi connectivity index (χ0v) is 16.6. The van der Waals surface area contributed by atoms with Crippen LogP contribution >= 0.6 is 15.9 Å². The molecule has 1 aliphatic heterocycles. The number of rotatable bonds is 3. The van der Waals surface area contributed by atoms with Gasteiger partial charge in [-0.3, -0.25) is 9.58 Å². The van der Waals surface area contributed by atoms with Crippen molar-refractivity contribution in [2.75, 3.05) is 32.7 Å². The standard InChI is InChI=1S/C18H25BrN4O2/c1-18(2,3)25-17(24)22-10-7-21(8-11-22)9-12-23-13-14-15(19)5-4-6-16(14)20-23/h4-6,13H,7-12H2,1-3H3. The first-order valence-corrected chi connectivity index (χ1v) is 9.43. The van der Waals surface area contributed by atoms with E-state index in [1.807, 2.05) is 43.7 Å².